The minimum absolute atomic E-state index is 0.0125. The van der Waals surface area contributed by atoms with E-state index in [0.29, 0.717) is 23.4 Å². The molecule has 0 fully saturated rings. The van der Waals surface area contributed by atoms with E-state index >= 15 is 0 Å². The monoisotopic (exact) mass is 284 g/mol. The Kier molecular flexibility index (Phi) is 6.41. The molecule has 7 heteroatoms. The minimum Gasteiger partial charge on any atom is -0.370 e. The zero-order valence-electron chi connectivity index (χ0n) is 11.5. The molecule has 19 heavy (non-hydrogen) atoms. The summed E-state index contributed by atoms with van der Waals surface area (Å²) >= 11 is 1.78. The predicted molar refractivity (Wildman–Crippen MR) is 81.1 cm³/mol. The first kappa shape index (κ1) is 15.6. The van der Waals surface area contributed by atoms with Gasteiger partial charge in [0.15, 0.2) is 0 Å². The molecule has 1 aromatic rings. The SMILES string of the molecule is CCNc1ccc([N+](=O)[O-])c(NCCC(C)SC)n1. The molecule has 1 heterocycles. The van der Waals surface area contributed by atoms with Crippen molar-refractivity contribution < 1.29 is 4.92 Å². The molecule has 1 rings (SSSR count). The second kappa shape index (κ2) is 7.83. The summed E-state index contributed by atoms with van der Waals surface area (Å²) in [6.07, 6.45) is 2.99. The molecule has 6 nitrogen and oxygen atoms in total. The quantitative estimate of drug-likeness (QED) is 0.564. The topological polar surface area (TPSA) is 80.1 Å². The van der Waals surface area contributed by atoms with Gasteiger partial charge in [-0.25, -0.2) is 4.98 Å². The molecular weight excluding hydrogens is 264 g/mol. The average molecular weight is 284 g/mol. The van der Waals surface area contributed by atoms with Crippen LogP contribution in [-0.4, -0.2) is 34.5 Å². The number of nitrogens with one attached hydrogen (secondary N) is 2. The van der Waals surface area contributed by atoms with Crippen molar-refractivity contribution in [2.75, 3.05) is 30.0 Å². The largest absolute Gasteiger partial charge is 0.370 e. The van der Waals surface area contributed by atoms with Crippen molar-refractivity contribution in [1.82, 2.24) is 4.98 Å². The van der Waals surface area contributed by atoms with E-state index in [9.17, 15) is 10.1 Å². The molecule has 0 spiro atoms. The molecule has 0 aliphatic rings. The highest BCUT2D eigenvalue weighted by Gasteiger charge is 2.15. The highest BCUT2D eigenvalue weighted by Crippen LogP contribution is 2.24. The van der Waals surface area contributed by atoms with Crippen LogP contribution in [0.3, 0.4) is 0 Å². The first-order valence-corrected chi connectivity index (χ1v) is 7.53. The first-order chi connectivity index (χ1) is 9.08. The second-order valence-corrected chi connectivity index (χ2v) is 5.39. The Hall–Kier alpha value is -1.50. The Morgan fingerprint density at radius 3 is 2.79 bits per heavy atom. The fraction of sp³-hybridized carbons (Fsp3) is 0.583. The summed E-state index contributed by atoms with van der Waals surface area (Å²) in [5.74, 6) is 0.977. The van der Waals surface area contributed by atoms with Crippen molar-refractivity contribution >= 4 is 29.1 Å². The lowest BCUT2D eigenvalue weighted by Crippen LogP contribution is -2.11. The highest BCUT2D eigenvalue weighted by molar-refractivity contribution is 7.99. The van der Waals surface area contributed by atoms with Crippen molar-refractivity contribution in [3.63, 3.8) is 0 Å². The van der Waals surface area contributed by atoms with Crippen LogP contribution in [0.2, 0.25) is 0 Å². The molecule has 0 aliphatic carbocycles. The van der Waals surface area contributed by atoms with Crippen LogP contribution in [0.4, 0.5) is 17.3 Å². The van der Waals surface area contributed by atoms with Gasteiger partial charge < -0.3 is 10.6 Å². The minimum atomic E-state index is -0.414. The van der Waals surface area contributed by atoms with E-state index in [1.54, 1.807) is 17.8 Å². The lowest BCUT2D eigenvalue weighted by Gasteiger charge is -2.11. The van der Waals surface area contributed by atoms with Gasteiger partial charge in [-0.15, -0.1) is 0 Å². The van der Waals surface area contributed by atoms with Crippen LogP contribution >= 0.6 is 11.8 Å². The van der Waals surface area contributed by atoms with E-state index in [4.69, 9.17) is 0 Å². The summed E-state index contributed by atoms with van der Waals surface area (Å²) in [6, 6.07) is 3.10. The van der Waals surface area contributed by atoms with Crippen molar-refractivity contribution in [3.8, 4) is 0 Å². The second-order valence-electron chi connectivity index (χ2n) is 4.11. The summed E-state index contributed by atoms with van der Waals surface area (Å²) in [7, 11) is 0. The van der Waals surface area contributed by atoms with E-state index in [0.717, 1.165) is 13.0 Å². The van der Waals surface area contributed by atoms with Gasteiger partial charge in [0.2, 0.25) is 5.82 Å². The molecule has 1 aromatic heterocycles. The smallest absolute Gasteiger partial charge is 0.311 e. The van der Waals surface area contributed by atoms with E-state index in [1.807, 2.05) is 6.92 Å². The predicted octanol–water partition coefficient (Wildman–Crippen LogP) is 2.98. The van der Waals surface area contributed by atoms with Gasteiger partial charge in [0.1, 0.15) is 5.82 Å². The average Bonchev–Trinajstić information content (AvgIpc) is 2.38. The molecule has 0 radical (unpaired) electrons. The molecule has 0 aromatic carbocycles. The molecule has 0 amide bonds. The lowest BCUT2D eigenvalue weighted by molar-refractivity contribution is -0.384. The van der Waals surface area contributed by atoms with Crippen LogP contribution in [0.15, 0.2) is 12.1 Å². The van der Waals surface area contributed by atoms with Crippen LogP contribution in [-0.2, 0) is 0 Å². The maximum Gasteiger partial charge on any atom is 0.311 e. The van der Waals surface area contributed by atoms with E-state index < -0.39 is 4.92 Å². The first-order valence-electron chi connectivity index (χ1n) is 6.24. The van der Waals surface area contributed by atoms with E-state index in [1.165, 1.54) is 6.07 Å². The standard InChI is InChI=1S/C12H20N4O2S/c1-4-13-11-6-5-10(16(17)18)12(15-11)14-8-7-9(2)19-3/h5-6,9H,4,7-8H2,1-3H3,(H2,13,14,15). The van der Waals surface area contributed by atoms with Gasteiger partial charge in [0, 0.05) is 24.4 Å². The van der Waals surface area contributed by atoms with E-state index in [2.05, 4.69) is 28.8 Å². The Morgan fingerprint density at radius 2 is 2.21 bits per heavy atom. The molecule has 106 valence electrons. The van der Waals surface area contributed by atoms with Crippen LogP contribution in [0.1, 0.15) is 20.3 Å². The molecule has 0 saturated heterocycles. The molecule has 0 bridgehead atoms. The van der Waals surface area contributed by atoms with Gasteiger partial charge in [0.25, 0.3) is 0 Å². The van der Waals surface area contributed by atoms with Gasteiger partial charge >= 0.3 is 5.69 Å². The fourth-order valence-corrected chi connectivity index (χ4v) is 1.87. The number of anilines is 2. The van der Waals surface area contributed by atoms with Gasteiger partial charge in [-0.1, -0.05) is 6.92 Å². The van der Waals surface area contributed by atoms with Gasteiger partial charge in [-0.2, -0.15) is 11.8 Å². The number of hydrogen-bond acceptors (Lipinski definition) is 6. The van der Waals surface area contributed by atoms with Crippen molar-refractivity contribution in [3.05, 3.63) is 22.2 Å². The van der Waals surface area contributed by atoms with Gasteiger partial charge in [-0.3, -0.25) is 10.1 Å². The Labute approximate surface area is 117 Å². The number of hydrogen-bond donors (Lipinski definition) is 2. The Morgan fingerprint density at radius 1 is 1.47 bits per heavy atom. The highest BCUT2D eigenvalue weighted by atomic mass is 32.2. The van der Waals surface area contributed by atoms with Gasteiger partial charge in [0.05, 0.1) is 4.92 Å². The third-order valence-corrected chi connectivity index (χ3v) is 3.71. The number of nitrogens with zero attached hydrogens (tertiary/aromatic N) is 2. The number of rotatable bonds is 8. The molecular formula is C12H20N4O2S. The summed E-state index contributed by atoms with van der Waals surface area (Å²) in [5.41, 5.74) is 0.0125. The van der Waals surface area contributed by atoms with Crippen LogP contribution in [0.5, 0.6) is 0 Å². The van der Waals surface area contributed by atoms with Crippen molar-refractivity contribution in [2.45, 2.75) is 25.5 Å². The number of nitro groups is 1. The lowest BCUT2D eigenvalue weighted by atomic mass is 10.3. The normalized spacial score (nSPS) is 11.9. The summed E-state index contributed by atoms with van der Waals surface area (Å²) in [5, 5.41) is 17.6. The van der Waals surface area contributed by atoms with Crippen LogP contribution < -0.4 is 10.6 Å². The maximum atomic E-state index is 10.9. The third kappa shape index (κ3) is 4.94. The maximum absolute atomic E-state index is 10.9. The van der Waals surface area contributed by atoms with E-state index in [-0.39, 0.29) is 5.69 Å². The zero-order valence-corrected chi connectivity index (χ0v) is 12.3. The molecule has 1 unspecified atom stereocenters. The van der Waals surface area contributed by atoms with Crippen molar-refractivity contribution in [1.29, 1.82) is 0 Å². The molecule has 0 saturated carbocycles. The number of pyridine rings is 1. The summed E-state index contributed by atoms with van der Waals surface area (Å²) < 4.78 is 0. The third-order valence-electron chi connectivity index (χ3n) is 2.67. The Balaban J connectivity index is 2.76. The van der Waals surface area contributed by atoms with Crippen molar-refractivity contribution in [2.24, 2.45) is 0 Å². The number of thioether (sulfide) groups is 1. The Bertz CT molecular complexity index is 428. The molecule has 0 aliphatic heterocycles. The van der Waals surface area contributed by atoms with Crippen LogP contribution in [0.25, 0.3) is 0 Å². The molecule has 1 atom stereocenters. The zero-order chi connectivity index (χ0) is 14.3. The fourth-order valence-electron chi connectivity index (χ4n) is 1.52. The summed E-state index contributed by atoms with van der Waals surface area (Å²) in [6.45, 7) is 5.48. The van der Waals surface area contributed by atoms with Crippen LogP contribution in [0, 0.1) is 10.1 Å². The summed E-state index contributed by atoms with van der Waals surface area (Å²) in [4.78, 5) is 14.8. The molecule has 2 N–H and O–H groups in total. The number of aromatic nitrogens is 1. The van der Waals surface area contributed by atoms with Gasteiger partial charge in [-0.05, 0) is 25.7 Å².